The number of carbonyl (C=O) groups excluding carboxylic acids is 3. The van der Waals surface area contributed by atoms with E-state index < -0.39 is 12.0 Å². The number of esters is 1. The zero-order chi connectivity index (χ0) is 13.1. The molecule has 2 fully saturated rings. The monoisotopic (exact) mass is 254 g/mol. The van der Waals surface area contributed by atoms with Gasteiger partial charge >= 0.3 is 5.97 Å². The van der Waals surface area contributed by atoms with Gasteiger partial charge in [0.15, 0.2) is 0 Å². The molecule has 0 aromatic rings. The first-order valence-electron chi connectivity index (χ1n) is 6.28. The SMILES string of the molecule is COC(=O)C1CC(=O)N(C2CCCCNC2=O)C1. The fourth-order valence-corrected chi connectivity index (χ4v) is 2.58. The molecule has 1 N–H and O–H groups in total. The number of likely N-dealkylation sites (tertiary alicyclic amines) is 1. The van der Waals surface area contributed by atoms with Crippen LogP contribution in [-0.2, 0) is 19.1 Å². The summed E-state index contributed by atoms with van der Waals surface area (Å²) in [6.45, 7) is 0.960. The molecule has 2 rings (SSSR count). The molecule has 2 saturated heterocycles. The van der Waals surface area contributed by atoms with Crippen molar-refractivity contribution in [3.63, 3.8) is 0 Å². The molecule has 2 unspecified atom stereocenters. The van der Waals surface area contributed by atoms with E-state index in [1.54, 1.807) is 0 Å². The van der Waals surface area contributed by atoms with Crippen LogP contribution in [0.5, 0.6) is 0 Å². The van der Waals surface area contributed by atoms with Gasteiger partial charge in [0.25, 0.3) is 0 Å². The lowest BCUT2D eigenvalue weighted by Gasteiger charge is -2.25. The van der Waals surface area contributed by atoms with Crippen LogP contribution in [0.1, 0.15) is 25.7 Å². The van der Waals surface area contributed by atoms with Crippen molar-refractivity contribution in [1.29, 1.82) is 0 Å². The van der Waals surface area contributed by atoms with Gasteiger partial charge in [0.05, 0.1) is 13.0 Å². The van der Waals surface area contributed by atoms with Gasteiger partial charge in [-0.3, -0.25) is 14.4 Å². The second-order valence-electron chi connectivity index (χ2n) is 4.77. The average molecular weight is 254 g/mol. The van der Waals surface area contributed by atoms with Crippen LogP contribution in [0.4, 0.5) is 0 Å². The van der Waals surface area contributed by atoms with E-state index in [0.29, 0.717) is 19.5 Å². The van der Waals surface area contributed by atoms with Gasteiger partial charge in [0, 0.05) is 19.5 Å². The molecule has 2 aliphatic rings. The topological polar surface area (TPSA) is 75.7 Å². The summed E-state index contributed by atoms with van der Waals surface area (Å²) in [5.74, 6) is -1.04. The molecule has 0 radical (unpaired) electrons. The molecule has 2 aliphatic heterocycles. The van der Waals surface area contributed by atoms with Crippen molar-refractivity contribution in [3.05, 3.63) is 0 Å². The number of carbonyl (C=O) groups is 3. The normalized spacial score (nSPS) is 28.8. The highest BCUT2D eigenvalue weighted by molar-refractivity contribution is 5.92. The molecular formula is C12H18N2O4. The maximum atomic E-state index is 11.9. The van der Waals surface area contributed by atoms with E-state index in [2.05, 4.69) is 10.1 Å². The fraction of sp³-hybridized carbons (Fsp3) is 0.750. The summed E-state index contributed by atoms with van der Waals surface area (Å²) in [4.78, 5) is 36.7. The zero-order valence-corrected chi connectivity index (χ0v) is 10.5. The molecule has 0 saturated carbocycles. The molecule has 0 aliphatic carbocycles. The number of ether oxygens (including phenoxy) is 1. The number of hydrogen-bond donors (Lipinski definition) is 1. The van der Waals surface area contributed by atoms with Crippen molar-refractivity contribution < 1.29 is 19.1 Å². The lowest BCUT2D eigenvalue weighted by Crippen LogP contribution is -2.46. The lowest BCUT2D eigenvalue weighted by molar-refractivity contribution is -0.145. The van der Waals surface area contributed by atoms with E-state index >= 15 is 0 Å². The van der Waals surface area contributed by atoms with Crippen molar-refractivity contribution in [2.75, 3.05) is 20.2 Å². The summed E-state index contributed by atoms with van der Waals surface area (Å²) in [6, 6.07) is -0.422. The number of nitrogens with zero attached hydrogens (tertiary/aromatic N) is 1. The largest absolute Gasteiger partial charge is 0.469 e. The van der Waals surface area contributed by atoms with Crippen LogP contribution in [0, 0.1) is 5.92 Å². The Balaban J connectivity index is 2.06. The van der Waals surface area contributed by atoms with Gasteiger partial charge in [0.2, 0.25) is 11.8 Å². The van der Waals surface area contributed by atoms with E-state index in [1.807, 2.05) is 0 Å². The maximum Gasteiger partial charge on any atom is 0.310 e. The average Bonchev–Trinajstić information content (AvgIpc) is 2.61. The van der Waals surface area contributed by atoms with Gasteiger partial charge < -0.3 is 15.0 Å². The van der Waals surface area contributed by atoms with E-state index in [4.69, 9.17) is 0 Å². The molecule has 2 atom stereocenters. The second-order valence-corrected chi connectivity index (χ2v) is 4.77. The number of nitrogens with one attached hydrogen (secondary N) is 1. The number of rotatable bonds is 2. The molecule has 2 heterocycles. The van der Waals surface area contributed by atoms with Gasteiger partial charge in [-0.25, -0.2) is 0 Å². The quantitative estimate of drug-likeness (QED) is 0.685. The first-order chi connectivity index (χ1) is 8.63. The molecule has 2 amide bonds. The van der Waals surface area contributed by atoms with Crippen LogP contribution >= 0.6 is 0 Å². The van der Waals surface area contributed by atoms with Gasteiger partial charge in [-0.15, -0.1) is 0 Å². The second kappa shape index (κ2) is 5.37. The zero-order valence-electron chi connectivity index (χ0n) is 10.5. The Morgan fingerprint density at radius 3 is 2.89 bits per heavy atom. The molecule has 0 aromatic carbocycles. The molecule has 0 spiro atoms. The van der Waals surface area contributed by atoms with Crippen LogP contribution < -0.4 is 5.32 Å². The Hall–Kier alpha value is -1.59. The van der Waals surface area contributed by atoms with E-state index in [-0.39, 0.29) is 24.2 Å². The van der Waals surface area contributed by atoms with Crippen molar-refractivity contribution in [2.45, 2.75) is 31.7 Å². The highest BCUT2D eigenvalue weighted by Gasteiger charge is 2.40. The number of hydrogen-bond acceptors (Lipinski definition) is 4. The minimum absolute atomic E-state index is 0.105. The molecule has 0 bridgehead atoms. The third kappa shape index (κ3) is 2.47. The minimum Gasteiger partial charge on any atom is -0.469 e. The highest BCUT2D eigenvalue weighted by Crippen LogP contribution is 2.24. The summed E-state index contributed by atoms with van der Waals surface area (Å²) in [6.07, 6.45) is 2.67. The summed E-state index contributed by atoms with van der Waals surface area (Å²) in [5, 5.41) is 2.80. The fourth-order valence-electron chi connectivity index (χ4n) is 2.58. The summed E-state index contributed by atoms with van der Waals surface area (Å²) >= 11 is 0. The minimum atomic E-state index is -0.432. The van der Waals surface area contributed by atoms with Crippen LogP contribution in [0.15, 0.2) is 0 Å². The molecule has 100 valence electrons. The van der Waals surface area contributed by atoms with Gasteiger partial charge in [-0.05, 0) is 19.3 Å². The van der Waals surface area contributed by atoms with Crippen LogP contribution in [0.2, 0.25) is 0 Å². The Labute approximate surface area is 106 Å². The standard InChI is InChI=1S/C12H18N2O4/c1-18-12(17)8-6-10(15)14(7-8)9-4-2-3-5-13-11(9)16/h8-9H,2-7H2,1H3,(H,13,16). The van der Waals surface area contributed by atoms with E-state index in [0.717, 1.165) is 12.8 Å². The van der Waals surface area contributed by atoms with Gasteiger partial charge in [-0.2, -0.15) is 0 Å². The Morgan fingerprint density at radius 2 is 2.17 bits per heavy atom. The van der Waals surface area contributed by atoms with Crippen molar-refractivity contribution in [2.24, 2.45) is 5.92 Å². The summed E-state index contributed by atoms with van der Waals surface area (Å²) in [7, 11) is 1.31. The predicted octanol–water partition coefficient (Wildman–Crippen LogP) is -0.323. The molecule has 18 heavy (non-hydrogen) atoms. The molecular weight excluding hydrogens is 236 g/mol. The molecule has 6 nitrogen and oxygen atoms in total. The lowest BCUT2D eigenvalue weighted by atomic mass is 10.1. The van der Waals surface area contributed by atoms with Crippen LogP contribution in [-0.4, -0.2) is 48.9 Å². The van der Waals surface area contributed by atoms with Gasteiger partial charge in [-0.1, -0.05) is 0 Å². The first-order valence-corrected chi connectivity index (χ1v) is 6.28. The summed E-state index contributed by atoms with van der Waals surface area (Å²) in [5.41, 5.74) is 0. The Bertz CT molecular complexity index is 369. The van der Waals surface area contributed by atoms with E-state index in [1.165, 1.54) is 12.0 Å². The van der Waals surface area contributed by atoms with Crippen molar-refractivity contribution in [3.8, 4) is 0 Å². The molecule has 6 heteroatoms. The van der Waals surface area contributed by atoms with Crippen LogP contribution in [0.3, 0.4) is 0 Å². The van der Waals surface area contributed by atoms with Crippen molar-refractivity contribution in [1.82, 2.24) is 10.2 Å². The van der Waals surface area contributed by atoms with Crippen LogP contribution in [0.25, 0.3) is 0 Å². The van der Waals surface area contributed by atoms with Crippen molar-refractivity contribution >= 4 is 17.8 Å². The third-order valence-corrected chi connectivity index (χ3v) is 3.58. The summed E-state index contributed by atoms with van der Waals surface area (Å²) < 4.78 is 4.65. The maximum absolute atomic E-state index is 11.9. The number of methoxy groups -OCH3 is 1. The van der Waals surface area contributed by atoms with E-state index in [9.17, 15) is 14.4 Å². The smallest absolute Gasteiger partial charge is 0.310 e. The third-order valence-electron chi connectivity index (χ3n) is 3.58. The van der Waals surface area contributed by atoms with Gasteiger partial charge in [0.1, 0.15) is 6.04 Å². The predicted molar refractivity (Wildman–Crippen MR) is 62.5 cm³/mol. The molecule has 0 aromatic heterocycles. The highest BCUT2D eigenvalue weighted by atomic mass is 16.5. The Kier molecular flexibility index (Phi) is 3.84. The number of amides is 2. The Morgan fingerprint density at radius 1 is 1.39 bits per heavy atom. The first kappa shape index (κ1) is 12.9.